The lowest BCUT2D eigenvalue weighted by atomic mass is 10.2. The summed E-state index contributed by atoms with van der Waals surface area (Å²) in [7, 11) is 0. The first-order chi connectivity index (χ1) is 12.7. The van der Waals surface area contributed by atoms with Gasteiger partial charge in [-0.2, -0.15) is 0 Å². The number of halogens is 1. The lowest BCUT2D eigenvalue weighted by Gasteiger charge is -2.21. The summed E-state index contributed by atoms with van der Waals surface area (Å²) < 4.78 is 5.74. The largest absolute Gasteiger partial charge is 0.451 e. The third-order valence-electron chi connectivity index (χ3n) is 4.56. The van der Waals surface area contributed by atoms with Crippen molar-refractivity contribution in [1.29, 1.82) is 0 Å². The number of hydrogen-bond acceptors (Lipinski definition) is 3. The summed E-state index contributed by atoms with van der Waals surface area (Å²) in [6, 6.07) is 18.7. The Bertz CT molecular complexity index is 912. The zero-order valence-electron chi connectivity index (χ0n) is 14.2. The van der Waals surface area contributed by atoms with Gasteiger partial charge in [0, 0.05) is 23.7 Å². The molecule has 0 aliphatic carbocycles. The number of carbonyl (C=O) groups is 1. The molecule has 4 nitrogen and oxygen atoms in total. The van der Waals surface area contributed by atoms with Gasteiger partial charge in [0.2, 0.25) is 0 Å². The van der Waals surface area contributed by atoms with E-state index in [-0.39, 0.29) is 11.7 Å². The molecular weight excluding hydrogens is 348 g/mol. The van der Waals surface area contributed by atoms with Crippen LogP contribution in [0, 0.1) is 0 Å². The van der Waals surface area contributed by atoms with Gasteiger partial charge < -0.3 is 14.6 Å². The third-order valence-corrected chi connectivity index (χ3v) is 4.81. The minimum atomic E-state index is -0.253. The molecule has 3 aromatic rings. The summed E-state index contributed by atoms with van der Waals surface area (Å²) in [6.07, 6.45) is 2.37. The van der Waals surface area contributed by atoms with Crippen molar-refractivity contribution in [3.8, 4) is 11.3 Å². The van der Waals surface area contributed by atoms with Gasteiger partial charge in [0.25, 0.3) is 5.91 Å². The van der Waals surface area contributed by atoms with E-state index in [2.05, 4.69) is 10.2 Å². The van der Waals surface area contributed by atoms with E-state index in [1.54, 1.807) is 24.3 Å². The van der Waals surface area contributed by atoms with Crippen molar-refractivity contribution in [2.24, 2.45) is 0 Å². The topological polar surface area (TPSA) is 45.5 Å². The van der Waals surface area contributed by atoms with E-state index in [9.17, 15) is 4.79 Å². The van der Waals surface area contributed by atoms with Gasteiger partial charge >= 0.3 is 0 Å². The highest BCUT2D eigenvalue weighted by molar-refractivity contribution is 6.30. The molecule has 0 bridgehead atoms. The summed E-state index contributed by atoms with van der Waals surface area (Å²) in [5.41, 5.74) is 2.75. The number of carbonyl (C=O) groups excluding carboxylic acids is 1. The van der Waals surface area contributed by atoms with Crippen LogP contribution in [-0.2, 0) is 0 Å². The maximum absolute atomic E-state index is 12.6. The maximum atomic E-state index is 12.6. The van der Waals surface area contributed by atoms with Crippen molar-refractivity contribution in [2.75, 3.05) is 23.3 Å². The minimum Gasteiger partial charge on any atom is -0.451 e. The zero-order chi connectivity index (χ0) is 17.9. The molecular formula is C21H19ClN2O2. The Labute approximate surface area is 157 Å². The lowest BCUT2D eigenvalue weighted by Crippen LogP contribution is -2.20. The summed E-state index contributed by atoms with van der Waals surface area (Å²) in [4.78, 5) is 14.9. The number of para-hydroxylation sites is 2. The highest BCUT2D eigenvalue weighted by atomic mass is 35.5. The molecule has 5 heteroatoms. The summed E-state index contributed by atoms with van der Waals surface area (Å²) >= 11 is 5.92. The van der Waals surface area contributed by atoms with Crippen LogP contribution in [0.4, 0.5) is 11.4 Å². The van der Waals surface area contributed by atoms with E-state index >= 15 is 0 Å². The first-order valence-corrected chi connectivity index (χ1v) is 9.09. The summed E-state index contributed by atoms with van der Waals surface area (Å²) in [5, 5.41) is 3.65. The van der Waals surface area contributed by atoms with Gasteiger partial charge in [0.1, 0.15) is 5.76 Å². The molecule has 26 heavy (non-hydrogen) atoms. The Kier molecular flexibility index (Phi) is 4.67. The van der Waals surface area contributed by atoms with Crippen LogP contribution < -0.4 is 10.2 Å². The second-order valence-electron chi connectivity index (χ2n) is 6.34. The lowest BCUT2D eigenvalue weighted by molar-refractivity contribution is 0.0997. The van der Waals surface area contributed by atoms with Crippen LogP contribution in [0.25, 0.3) is 11.3 Å². The Balaban J connectivity index is 1.53. The van der Waals surface area contributed by atoms with Crippen LogP contribution in [0.2, 0.25) is 5.02 Å². The highest BCUT2D eigenvalue weighted by Crippen LogP contribution is 2.30. The van der Waals surface area contributed by atoms with Crippen molar-refractivity contribution >= 4 is 28.9 Å². The first-order valence-electron chi connectivity index (χ1n) is 8.72. The predicted molar refractivity (Wildman–Crippen MR) is 105 cm³/mol. The molecule has 1 aliphatic heterocycles. The number of rotatable bonds is 4. The van der Waals surface area contributed by atoms with E-state index in [1.807, 2.05) is 36.4 Å². The number of nitrogens with zero attached hydrogens (tertiary/aromatic N) is 1. The molecule has 0 saturated carbocycles. The van der Waals surface area contributed by atoms with Crippen LogP contribution in [0.3, 0.4) is 0 Å². The van der Waals surface area contributed by atoms with E-state index in [4.69, 9.17) is 16.0 Å². The fraction of sp³-hybridized carbons (Fsp3) is 0.190. The Hall–Kier alpha value is -2.72. The molecule has 0 spiro atoms. The van der Waals surface area contributed by atoms with Crippen LogP contribution in [0.5, 0.6) is 0 Å². The number of amides is 1. The van der Waals surface area contributed by atoms with Gasteiger partial charge in [-0.1, -0.05) is 23.7 Å². The highest BCUT2D eigenvalue weighted by Gasteiger charge is 2.18. The van der Waals surface area contributed by atoms with Crippen LogP contribution in [0.1, 0.15) is 23.4 Å². The van der Waals surface area contributed by atoms with Crippen LogP contribution >= 0.6 is 11.6 Å². The standard InChI is InChI=1S/C21H19ClN2O2/c22-16-9-7-15(8-10-16)19-11-12-20(26-19)21(25)23-17-5-1-2-6-18(17)24-13-3-4-14-24/h1-2,5-12H,3-4,13-14H2,(H,23,25). The predicted octanol–water partition coefficient (Wildman–Crippen LogP) is 5.45. The number of furan rings is 1. The smallest absolute Gasteiger partial charge is 0.291 e. The molecule has 1 aromatic heterocycles. The number of benzene rings is 2. The normalized spacial score (nSPS) is 13.8. The van der Waals surface area contributed by atoms with E-state index in [0.717, 1.165) is 30.0 Å². The van der Waals surface area contributed by atoms with Crippen LogP contribution in [0.15, 0.2) is 65.1 Å². The summed E-state index contributed by atoms with van der Waals surface area (Å²) in [6.45, 7) is 2.04. The third kappa shape index (κ3) is 3.46. The van der Waals surface area contributed by atoms with Gasteiger partial charge in [-0.3, -0.25) is 4.79 Å². The van der Waals surface area contributed by atoms with Crippen molar-refractivity contribution < 1.29 is 9.21 Å². The quantitative estimate of drug-likeness (QED) is 0.667. The van der Waals surface area contributed by atoms with Gasteiger partial charge in [-0.15, -0.1) is 0 Å². The SMILES string of the molecule is O=C(Nc1ccccc1N1CCCC1)c1ccc(-c2ccc(Cl)cc2)o1. The molecule has 0 atom stereocenters. The Morgan fingerprint density at radius 3 is 2.46 bits per heavy atom. The van der Waals surface area contributed by atoms with Crippen molar-refractivity contribution in [3.63, 3.8) is 0 Å². The molecule has 2 heterocycles. The molecule has 1 aliphatic rings. The van der Waals surface area contributed by atoms with Gasteiger partial charge in [-0.05, 0) is 61.4 Å². The first kappa shape index (κ1) is 16.7. The van der Waals surface area contributed by atoms with Crippen molar-refractivity contribution in [3.05, 3.63) is 71.4 Å². The second-order valence-corrected chi connectivity index (χ2v) is 6.77. The molecule has 1 N–H and O–H groups in total. The molecule has 1 fully saturated rings. The molecule has 0 unspecified atom stereocenters. The Morgan fingerprint density at radius 1 is 0.962 bits per heavy atom. The van der Waals surface area contributed by atoms with Crippen molar-refractivity contribution in [1.82, 2.24) is 0 Å². The van der Waals surface area contributed by atoms with Crippen LogP contribution in [-0.4, -0.2) is 19.0 Å². The van der Waals surface area contributed by atoms with E-state index in [0.29, 0.717) is 10.8 Å². The molecule has 4 rings (SSSR count). The number of nitrogens with one attached hydrogen (secondary N) is 1. The average molecular weight is 367 g/mol. The summed E-state index contributed by atoms with van der Waals surface area (Å²) in [5.74, 6) is 0.669. The fourth-order valence-corrected chi connectivity index (χ4v) is 3.35. The van der Waals surface area contributed by atoms with Crippen molar-refractivity contribution in [2.45, 2.75) is 12.8 Å². The second kappa shape index (κ2) is 7.26. The number of anilines is 2. The minimum absolute atomic E-state index is 0.253. The van der Waals surface area contributed by atoms with E-state index in [1.165, 1.54) is 12.8 Å². The molecule has 1 amide bonds. The Morgan fingerprint density at radius 2 is 1.69 bits per heavy atom. The van der Waals surface area contributed by atoms with Gasteiger partial charge in [0.05, 0.1) is 11.4 Å². The molecule has 0 radical (unpaired) electrons. The zero-order valence-corrected chi connectivity index (χ0v) is 15.0. The molecule has 2 aromatic carbocycles. The molecule has 132 valence electrons. The average Bonchev–Trinajstić information content (AvgIpc) is 3.35. The van der Waals surface area contributed by atoms with Gasteiger partial charge in [0.15, 0.2) is 5.76 Å². The number of hydrogen-bond donors (Lipinski definition) is 1. The maximum Gasteiger partial charge on any atom is 0.291 e. The monoisotopic (exact) mass is 366 g/mol. The van der Waals surface area contributed by atoms with E-state index < -0.39 is 0 Å². The van der Waals surface area contributed by atoms with Gasteiger partial charge in [-0.25, -0.2) is 0 Å². The molecule has 1 saturated heterocycles. The fourth-order valence-electron chi connectivity index (χ4n) is 3.23.